The highest BCUT2D eigenvalue weighted by Gasteiger charge is 2.33. The maximum Gasteiger partial charge on any atom is 0.00604 e. The van der Waals surface area contributed by atoms with Crippen molar-refractivity contribution in [2.45, 2.75) is 145 Å². The van der Waals surface area contributed by atoms with Crippen molar-refractivity contribution in [3.63, 3.8) is 0 Å². The van der Waals surface area contributed by atoms with E-state index >= 15 is 0 Å². The first-order chi connectivity index (χ1) is 17.1. The molecule has 0 nitrogen and oxygen atoms in total. The lowest BCUT2D eigenvalue weighted by atomic mass is 9.74. The van der Waals surface area contributed by atoms with Gasteiger partial charge in [-0.25, -0.2) is 0 Å². The molecule has 3 aliphatic carbocycles. The molecule has 1 aromatic rings. The van der Waals surface area contributed by atoms with Crippen molar-refractivity contribution in [1.82, 2.24) is 0 Å². The van der Waals surface area contributed by atoms with Crippen LogP contribution in [0.25, 0.3) is 6.08 Å². The van der Waals surface area contributed by atoms with E-state index in [2.05, 4.69) is 58.7 Å². The minimum Gasteiger partial charge on any atom is -0.106 e. The Balaban J connectivity index is 0.00000206. The summed E-state index contributed by atoms with van der Waals surface area (Å²) in [6, 6.07) is 5.03. The summed E-state index contributed by atoms with van der Waals surface area (Å²) in [6.07, 6.45) is 22.0. The van der Waals surface area contributed by atoms with Gasteiger partial charge in [-0.05, 0) is 111 Å². The average molecular weight is 509 g/mol. The second kappa shape index (κ2) is 18.7. The maximum absolute atomic E-state index is 4.23. The van der Waals surface area contributed by atoms with E-state index in [1.165, 1.54) is 95.5 Å². The molecule has 0 aromatic heterocycles. The molecule has 0 heterocycles. The number of aryl methyl sites for hydroxylation is 1. The summed E-state index contributed by atoms with van der Waals surface area (Å²) in [5.74, 6) is 3.30. The summed E-state index contributed by atoms with van der Waals surface area (Å²) in [6.45, 7) is 21.2. The molecule has 0 heteroatoms. The first kappa shape index (κ1) is 35.4. The summed E-state index contributed by atoms with van der Waals surface area (Å²) in [4.78, 5) is 0. The molecule has 0 bridgehead atoms. The van der Waals surface area contributed by atoms with Crippen LogP contribution in [0.1, 0.15) is 155 Å². The summed E-state index contributed by atoms with van der Waals surface area (Å²) >= 11 is 0. The minimum absolute atomic E-state index is 0. The first-order valence-corrected chi connectivity index (χ1v) is 15.1. The molecule has 1 aromatic carbocycles. The molecular weight excluding hydrogens is 444 g/mol. The van der Waals surface area contributed by atoms with E-state index in [0.29, 0.717) is 5.92 Å². The van der Waals surface area contributed by atoms with Crippen LogP contribution < -0.4 is 0 Å². The third kappa shape index (κ3) is 9.01. The van der Waals surface area contributed by atoms with Gasteiger partial charge in [0.15, 0.2) is 0 Å². The third-order valence-electron chi connectivity index (χ3n) is 8.93. The monoisotopic (exact) mass is 509 g/mol. The molecule has 0 aliphatic heterocycles. The molecule has 4 rings (SSSR count). The fourth-order valence-corrected chi connectivity index (χ4v) is 7.08. The Hall–Kier alpha value is -1.56. The number of fused-ring (bicyclic) bond motifs is 1. The largest absolute Gasteiger partial charge is 0.106 e. The molecule has 37 heavy (non-hydrogen) atoms. The highest BCUT2D eigenvalue weighted by Crippen LogP contribution is 2.49. The highest BCUT2D eigenvalue weighted by atomic mass is 14.4. The van der Waals surface area contributed by atoms with Gasteiger partial charge in [-0.15, -0.1) is 13.2 Å². The average Bonchev–Trinajstić information content (AvgIpc) is 3.29. The van der Waals surface area contributed by atoms with Crippen molar-refractivity contribution >= 4 is 6.08 Å². The van der Waals surface area contributed by atoms with Crippen LogP contribution in [0.4, 0.5) is 0 Å². The zero-order chi connectivity index (χ0) is 25.8. The summed E-state index contributed by atoms with van der Waals surface area (Å²) in [5, 5.41) is 0. The summed E-state index contributed by atoms with van der Waals surface area (Å²) in [7, 11) is 0. The van der Waals surface area contributed by atoms with Gasteiger partial charge in [0.05, 0.1) is 0 Å². The SMILES string of the molecule is C.C.C=C.C=C(C)C1CCC(CCC2C(C3CCCCC3)=Cc3c2ccc(CCC)c3CC)CC1.CC. The standard InChI is InChI=1S/C31H46.C2H6.C2H4.2CH4/c1-5-10-25-18-20-29-28(19-15-23-13-16-24(17-14-23)22(3)4)30(21-31(29)27(25)6-2)26-11-8-7-9-12-26;2*1-2;;/h18,20-21,23-24,26,28H,3,5-17,19H2,1-2,4H3;1-2H3;1-2H2;2*1H4. The number of benzene rings is 1. The van der Waals surface area contributed by atoms with Crippen LogP contribution in [0.2, 0.25) is 0 Å². The molecule has 0 amide bonds. The van der Waals surface area contributed by atoms with E-state index in [4.69, 9.17) is 0 Å². The number of rotatable bonds is 8. The second-order valence-electron chi connectivity index (χ2n) is 11.0. The van der Waals surface area contributed by atoms with Gasteiger partial charge in [0.1, 0.15) is 0 Å². The van der Waals surface area contributed by atoms with Crippen LogP contribution in [0, 0.1) is 17.8 Å². The predicted molar refractivity (Wildman–Crippen MR) is 173 cm³/mol. The Morgan fingerprint density at radius 3 is 2.03 bits per heavy atom. The highest BCUT2D eigenvalue weighted by molar-refractivity contribution is 5.71. The van der Waals surface area contributed by atoms with Gasteiger partial charge in [-0.3, -0.25) is 0 Å². The van der Waals surface area contributed by atoms with E-state index in [1.807, 2.05) is 19.4 Å². The smallest absolute Gasteiger partial charge is 0.00604 e. The Bertz CT molecular complexity index is 796. The normalized spacial score (nSPS) is 22.5. The number of hydrogen-bond acceptors (Lipinski definition) is 0. The summed E-state index contributed by atoms with van der Waals surface area (Å²) in [5.41, 5.74) is 9.85. The van der Waals surface area contributed by atoms with Gasteiger partial charge >= 0.3 is 0 Å². The first-order valence-electron chi connectivity index (χ1n) is 15.1. The van der Waals surface area contributed by atoms with E-state index in [0.717, 1.165) is 17.8 Å². The van der Waals surface area contributed by atoms with Gasteiger partial charge in [-0.1, -0.05) is 104 Å². The quantitative estimate of drug-likeness (QED) is 0.306. The van der Waals surface area contributed by atoms with E-state index in [-0.39, 0.29) is 14.9 Å². The number of allylic oxidation sites excluding steroid dienone is 2. The van der Waals surface area contributed by atoms with Crippen molar-refractivity contribution in [3.8, 4) is 0 Å². The van der Waals surface area contributed by atoms with E-state index < -0.39 is 0 Å². The molecule has 0 spiro atoms. The van der Waals surface area contributed by atoms with Crippen molar-refractivity contribution < 1.29 is 0 Å². The van der Waals surface area contributed by atoms with Crippen LogP contribution in [-0.4, -0.2) is 0 Å². The van der Waals surface area contributed by atoms with Crippen molar-refractivity contribution in [2.24, 2.45) is 17.8 Å². The third-order valence-corrected chi connectivity index (χ3v) is 8.93. The molecule has 0 saturated heterocycles. The van der Waals surface area contributed by atoms with Crippen molar-refractivity contribution in [3.05, 3.63) is 65.3 Å². The van der Waals surface area contributed by atoms with Crippen LogP contribution >= 0.6 is 0 Å². The minimum atomic E-state index is 0. The van der Waals surface area contributed by atoms with Crippen molar-refractivity contribution in [2.75, 3.05) is 0 Å². The zero-order valence-electron chi connectivity index (χ0n) is 24.1. The molecule has 0 radical (unpaired) electrons. The number of hydrogen-bond donors (Lipinski definition) is 0. The van der Waals surface area contributed by atoms with Crippen LogP contribution in [0.5, 0.6) is 0 Å². The molecule has 3 aliphatic rings. The molecule has 0 N–H and O–H groups in total. The lowest BCUT2D eigenvalue weighted by molar-refractivity contribution is 0.278. The van der Waals surface area contributed by atoms with E-state index in [1.54, 1.807) is 22.3 Å². The van der Waals surface area contributed by atoms with Gasteiger partial charge < -0.3 is 0 Å². The molecule has 1 atom stereocenters. The van der Waals surface area contributed by atoms with Gasteiger partial charge in [-0.2, -0.15) is 0 Å². The zero-order valence-corrected chi connectivity index (χ0v) is 24.1. The van der Waals surface area contributed by atoms with Gasteiger partial charge in [0, 0.05) is 5.92 Å². The molecule has 212 valence electrons. The lowest BCUT2D eigenvalue weighted by Gasteiger charge is -2.31. The molecular formula is C37H64. The van der Waals surface area contributed by atoms with E-state index in [9.17, 15) is 0 Å². The van der Waals surface area contributed by atoms with Crippen LogP contribution in [0.3, 0.4) is 0 Å². The van der Waals surface area contributed by atoms with Crippen LogP contribution in [0.15, 0.2) is 43.0 Å². The Morgan fingerprint density at radius 2 is 1.49 bits per heavy atom. The topological polar surface area (TPSA) is 0 Å². The Morgan fingerprint density at radius 1 is 0.865 bits per heavy atom. The Labute approximate surface area is 234 Å². The van der Waals surface area contributed by atoms with Gasteiger partial charge in [0.2, 0.25) is 0 Å². The maximum atomic E-state index is 4.23. The second-order valence-corrected chi connectivity index (χ2v) is 11.0. The van der Waals surface area contributed by atoms with Gasteiger partial charge in [0.25, 0.3) is 0 Å². The molecule has 1 unspecified atom stereocenters. The fraction of sp³-hybridized carbons (Fsp3) is 0.676. The molecule has 2 saturated carbocycles. The van der Waals surface area contributed by atoms with Crippen molar-refractivity contribution in [1.29, 1.82) is 0 Å². The summed E-state index contributed by atoms with van der Waals surface area (Å²) < 4.78 is 0. The van der Waals surface area contributed by atoms with Crippen LogP contribution in [-0.2, 0) is 12.8 Å². The Kier molecular flexibility index (Phi) is 17.9. The predicted octanol–water partition coefficient (Wildman–Crippen LogP) is 12.5. The lowest BCUT2D eigenvalue weighted by Crippen LogP contribution is -2.17. The molecule has 2 fully saturated rings. The fourth-order valence-electron chi connectivity index (χ4n) is 7.08.